The maximum absolute atomic E-state index is 13.3. The molecule has 0 saturated carbocycles. The van der Waals surface area contributed by atoms with Gasteiger partial charge in [0.15, 0.2) is 5.82 Å². The summed E-state index contributed by atoms with van der Waals surface area (Å²) in [5.41, 5.74) is 1.93. The highest BCUT2D eigenvalue weighted by Crippen LogP contribution is 2.25. The molecule has 8 nitrogen and oxygen atoms in total. The third kappa shape index (κ3) is 2.66. The Morgan fingerprint density at radius 2 is 1.90 bits per heavy atom. The molecule has 8 heteroatoms. The number of aromatic amines is 1. The molecule has 0 amide bonds. The first-order valence-electron chi connectivity index (χ1n) is 9.20. The number of carbonyl (C=O) groups excluding carboxylic acids is 1. The standard InChI is InChI=1S/C22H15N5O3/c1-26-16-8-7-13(11-15(16)21(29)25-22(26)30)19(28)20-24-18(14-5-4-9-23-12-14)17-6-2-3-10-27(17)20/h2-12H,1H3,(H,25,29,30). The lowest BCUT2D eigenvalue weighted by Gasteiger charge is -2.06. The van der Waals surface area contributed by atoms with Crippen LogP contribution in [-0.2, 0) is 7.05 Å². The number of rotatable bonds is 3. The summed E-state index contributed by atoms with van der Waals surface area (Å²) in [6, 6.07) is 13.9. The molecule has 5 aromatic rings. The molecule has 0 spiro atoms. The van der Waals surface area contributed by atoms with E-state index in [2.05, 4.69) is 15.0 Å². The summed E-state index contributed by atoms with van der Waals surface area (Å²) < 4.78 is 3.05. The normalized spacial score (nSPS) is 11.2. The summed E-state index contributed by atoms with van der Waals surface area (Å²) >= 11 is 0. The summed E-state index contributed by atoms with van der Waals surface area (Å²) in [6.07, 6.45) is 5.14. The monoisotopic (exact) mass is 397 g/mol. The highest BCUT2D eigenvalue weighted by molar-refractivity contribution is 6.09. The lowest BCUT2D eigenvalue weighted by Crippen LogP contribution is -2.28. The molecule has 0 saturated heterocycles. The van der Waals surface area contributed by atoms with Gasteiger partial charge in [0.1, 0.15) is 0 Å². The number of nitrogens with one attached hydrogen (secondary N) is 1. The van der Waals surface area contributed by atoms with Gasteiger partial charge in [-0.05, 0) is 42.5 Å². The van der Waals surface area contributed by atoms with Crippen LogP contribution in [-0.4, -0.2) is 29.7 Å². The number of aromatic nitrogens is 5. The number of imidazole rings is 1. The lowest BCUT2D eigenvalue weighted by molar-refractivity contribution is 0.102. The van der Waals surface area contributed by atoms with Gasteiger partial charge in [-0.2, -0.15) is 0 Å². The van der Waals surface area contributed by atoms with Crippen LogP contribution in [0.2, 0.25) is 0 Å². The van der Waals surface area contributed by atoms with Crippen LogP contribution in [0.25, 0.3) is 27.7 Å². The van der Waals surface area contributed by atoms with Gasteiger partial charge in [0, 0.05) is 36.8 Å². The molecule has 30 heavy (non-hydrogen) atoms. The Balaban J connectivity index is 1.71. The molecule has 146 valence electrons. The van der Waals surface area contributed by atoms with Crippen LogP contribution in [0.4, 0.5) is 0 Å². The molecule has 0 fully saturated rings. The molecular weight excluding hydrogens is 382 g/mol. The summed E-state index contributed by atoms with van der Waals surface area (Å²) in [4.78, 5) is 48.4. The fourth-order valence-electron chi connectivity index (χ4n) is 3.55. The van der Waals surface area contributed by atoms with E-state index in [1.54, 1.807) is 42.2 Å². The minimum atomic E-state index is -0.535. The second-order valence-electron chi connectivity index (χ2n) is 6.86. The van der Waals surface area contributed by atoms with Gasteiger partial charge < -0.3 is 0 Å². The van der Waals surface area contributed by atoms with Crippen molar-refractivity contribution >= 4 is 22.2 Å². The summed E-state index contributed by atoms with van der Waals surface area (Å²) in [5.74, 6) is -0.105. The van der Waals surface area contributed by atoms with Gasteiger partial charge in [-0.3, -0.25) is 28.5 Å². The number of aryl methyl sites for hydroxylation is 1. The van der Waals surface area contributed by atoms with Gasteiger partial charge in [-0.25, -0.2) is 9.78 Å². The van der Waals surface area contributed by atoms with Gasteiger partial charge in [-0.1, -0.05) is 6.07 Å². The minimum Gasteiger partial charge on any atom is -0.296 e. The predicted molar refractivity (Wildman–Crippen MR) is 112 cm³/mol. The highest BCUT2D eigenvalue weighted by atomic mass is 16.2. The Kier molecular flexibility index (Phi) is 3.92. The van der Waals surface area contributed by atoms with E-state index in [0.29, 0.717) is 16.8 Å². The fourth-order valence-corrected chi connectivity index (χ4v) is 3.55. The van der Waals surface area contributed by atoms with Crippen molar-refractivity contribution in [3.63, 3.8) is 0 Å². The van der Waals surface area contributed by atoms with Crippen molar-refractivity contribution < 1.29 is 4.79 Å². The number of hydrogen-bond donors (Lipinski definition) is 1. The van der Waals surface area contributed by atoms with Gasteiger partial charge in [-0.15, -0.1) is 0 Å². The van der Waals surface area contributed by atoms with E-state index in [9.17, 15) is 14.4 Å². The van der Waals surface area contributed by atoms with Gasteiger partial charge in [0.25, 0.3) is 5.56 Å². The minimum absolute atomic E-state index is 0.227. The van der Waals surface area contributed by atoms with Crippen molar-refractivity contribution in [2.45, 2.75) is 0 Å². The first-order valence-corrected chi connectivity index (χ1v) is 9.20. The van der Waals surface area contributed by atoms with Crippen molar-refractivity contribution in [1.82, 2.24) is 23.9 Å². The number of fused-ring (bicyclic) bond motifs is 2. The Morgan fingerprint density at radius 1 is 1.03 bits per heavy atom. The third-order valence-electron chi connectivity index (χ3n) is 5.08. The molecule has 0 aliphatic carbocycles. The molecule has 1 aromatic carbocycles. The van der Waals surface area contributed by atoms with E-state index < -0.39 is 11.2 Å². The lowest BCUT2D eigenvalue weighted by atomic mass is 10.1. The van der Waals surface area contributed by atoms with E-state index in [-0.39, 0.29) is 17.0 Å². The zero-order valence-corrected chi connectivity index (χ0v) is 15.9. The molecule has 0 atom stereocenters. The van der Waals surface area contributed by atoms with Crippen molar-refractivity contribution in [2.75, 3.05) is 0 Å². The van der Waals surface area contributed by atoms with E-state index in [1.165, 1.54) is 10.6 Å². The van der Waals surface area contributed by atoms with Gasteiger partial charge in [0.05, 0.1) is 22.1 Å². The topological polar surface area (TPSA) is 102 Å². The highest BCUT2D eigenvalue weighted by Gasteiger charge is 2.20. The second-order valence-corrected chi connectivity index (χ2v) is 6.86. The van der Waals surface area contributed by atoms with Crippen LogP contribution in [0.3, 0.4) is 0 Å². The molecule has 0 aliphatic heterocycles. The van der Waals surface area contributed by atoms with Crippen LogP contribution < -0.4 is 11.2 Å². The SMILES string of the molecule is Cn1c(=O)[nH]c(=O)c2cc(C(=O)c3nc(-c4cccnc4)c4ccccn34)ccc21. The fraction of sp³-hybridized carbons (Fsp3) is 0.0455. The van der Waals surface area contributed by atoms with Crippen LogP contribution in [0, 0.1) is 0 Å². The predicted octanol–water partition coefficient (Wildman–Crippen LogP) is 2.17. The quantitative estimate of drug-likeness (QED) is 0.470. The molecule has 5 rings (SSSR count). The maximum atomic E-state index is 13.3. The smallest absolute Gasteiger partial charge is 0.296 e. The van der Waals surface area contributed by atoms with Crippen LogP contribution in [0.5, 0.6) is 0 Å². The van der Waals surface area contributed by atoms with Crippen molar-refractivity contribution in [3.05, 3.63) is 99.3 Å². The molecule has 0 radical (unpaired) electrons. The molecule has 1 N–H and O–H groups in total. The largest absolute Gasteiger partial charge is 0.328 e. The first-order chi connectivity index (χ1) is 14.5. The van der Waals surface area contributed by atoms with E-state index in [1.807, 2.05) is 30.3 Å². The number of hydrogen-bond acceptors (Lipinski definition) is 5. The average molecular weight is 397 g/mol. The van der Waals surface area contributed by atoms with Crippen LogP contribution in [0.15, 0.2) is 76.7 Å². The molecule has 4 aromatic heterocycles. The number of ketones is 1. The van der Waals surface area contributed by atoms with Gasteiger partial charge >= 0.3 is 5.69 Å². The van der Waals surface area contributed by atoms with E-state index >= 15 is 0 Å². The Hall–Kier alpha value is -4.33. The zero-order chi connectivity index (χ0) is 20.8. The van der Waals surface area contributed by atoms with Crippen molar-refractivity contribution in [1.29, 1.82) is 0 Å². The van der Waals surface area contributed by atoms with E-state index in [4.69, 9.17) is 0 Å². The number of pyridine rings is 2. The Morgan fingerprint density at radius 3 is 2.70 bits per heavy atom. The molecule has 0 unspecified atom stereocenters. The summed E-state index contributed by atoms with van der Waals surface area (Å²) in [5, 5.41) is 0.260. The van der Waals surface area contributed by atoms with Crippen LogP contribution >= 0.6 is 0 Å². The van der Waals surface area contributed by atoms with Crippen molar-refractivity contribution in [3.8, 4) is 11.3 Å². The zero-order valence-electron chi connectivity index (χ0n) is 15.9. The Bertz CT molecular complexity index is 1560. The van der Waals surface area contributed by atoms with Gasteiger partial charge in [0.2, 0.25) is 5.78 Å². The molecular formula is C22H15N5O3. The number of nitrogens with zero attached hydrogens (tertiary/aromatic N) is 4. The molecule has 4 heterocycles. The first kappa shape index (κ1) is 17.7. The summed E-state index contributed by atoms with van der Waals surface area (Å²) in [7, 11) is 1.56. The summed E-state index contributed by atoms with van der Waals surface area (Å²) in [6.45, 7) is 0. The Labute approximate surface area is 169 Å². The number of carbonyl (C=O) groups is 1. The van der Waals surface area contributed by atoms with Crippen LogP contribution in [0.1, 0.15) is 16.2 Å². The van der Waals surface area contributed by atoms with Crippen molar-refractivity contribution in [2.24, 2.45) is 7.05 Å². The van der Waals surface area contributed by atoms with E-state index in [0.717, 1.165) is 11.1 Å². The second kappa shape index (κ2) is 6.63. The maximum Gasteiger partial charge on any atom is 0.328 e. The third-order valence-corrected chi connectivity index (χ3v) is 5.08. The average Bonchev–Trinajstić information content (AvgIpc) is 3.17. The molecule has 0 aliphatic rings. The number of benzene rings is 1. The molecule has 0 bridgehead atoms. The number of H-pyrrole nitrogens is 1.